The normalized spacial score (nSPS) is 11.4. The van der Waals surface area contributed by atoms with Crippen LogP contribution in [0.4, 0.5) is 0 Å². The van der Waals surface area contributed by atoms with Crippen LogP contribution in [-0.2, 0) is 11.2 Å². The van der Waals surface area contributed by atoms with Gasteiger partial charge >= 0.3 is 0 Å². The quantitative estimate of drug-likeness (QED) is 0.728. The van der Waals surface area contributed by atoms with E-state index in [0.29, 0.717) is 19.6 Å². The van der Waals surface area contributed by atoms with Crippen LogP contribution < -0.4 is 15.8 Å². The Morgan fingerprint density at radius 1 is 1.48 bits per heavy atom. The minimum atomic E-state index is -0.405. The van der Waals surface area contributed by atoms with Gasteiger partial charge < -0.3 is 15.8 Å². The van der Waals surface area contributed by atoms with Crippen molar-refractivity contribution >= 4 is 30.1 Å². The molecular weight excluding hydrogens is 308 g/mol. The molecule has 21 heavy (non-hydrogen) atoms. The fraction of sp³-hybridized carbons (Fsp3) is 0.533. The van der Waals surface area contributed by atoms with Crippen LogP contribution in [0.15, 0.2) is 24.3 Å². The molecule has 0 saturated carbocycles. The summed E-state index contributed by atoms with van der Waals surface area (Å²) in [4.78, 5) is 11.7. The number of rotatable bonds is 9. The Hall–Kier alpha value is -0.910. The number of thioether (sulfide) groups is 1. The zero-order valence-corrected chi connectivity index (χ0v) is 14.3. The van der Waals surface area contributed by atoms with Crippen LogP contribution in [0.1, 0.15) is 18.9 Å². The lowest BCUT2D eigenvalue weighted by Gasteiger charge is -2.12. The van der Waals surface area contributed by atoms with E-state index < -0.39 is 6.04 Å². The number of halogens is 1. The lowest BCUT2D eigenvalue weighted by atomic mass is 10.1. The van der Waals surface area contributed by atoms with Gasteiger partial charge in [0.1, 0.15) is 5.75 Å². The Kier molecular flexibility index (Phi) is 11.2. The van der Waals surface area contributed by atoms with Crippen LogP contribution >= 0.6 is 24.2 Å². The van der Waals surface area contributed by atoms with E-state index in [2.05, 4.69) is 5.32 Å². The van der Waals surface area contributed by atoms with Crippen molar-refractivity contribution < 1.29 is 9.53 Å². The van der Waals surface area contributed by atoms with Gasteiger partial charge in [0.2, 0.25) is 5.91 Å². The van der Waals surface area contributed by atoms with Crippen molar-refractivity contribution in [1.29, 1.82) is 0 Å². The molecule has 1 rings (SSSR count). The van der Waals surface area contributed by atoms with Crippen LogP contribution in [0, 0.1) is 0 Å². The lowest BCUT2D eigenvalue weighted by molar-refractivity contribution is -0.122. The minimum Gasteiger partial charge on any atom is -0.494 e. The van der Waals surface area contributed by atoms with E-state index >= 15 is 0 Å². The van der Waals surface area contributed by atoms with E-state index in [1.54, 1.807) is 11.8 Å². The van der Waals surface area contributed by atoms with Crippen molar-refractivity contribution in [3.05, 3.63) is 29.8 Å². The second kappa shape index (κ2) is 11.7. The summed E-state index contributed by atoms with van der Waals surface area (Å²) in [7, 11) is 0. The molecule has 0 bridgehead atoms. The zero-order chi connectivity index (χ0) is 14.8. The Morgan fingerprint density at radius 3 is 2.90 bits per heavy atom. The molecule has 1 aromatic carbocycles. The monoisotopic (exact) mass is 332 g/mol. The number of hydrogen-bond donors (Lipinski definition) is 2. The highest BCUT2D eigenvalue weighted by Crippen LogP contribution is 2.13. The number of nitrogens with one attached hydrogen (secondary N) is 1. The summed E-state index contributed by atoms with van der Waals surface area (Å²) in [5, 5.41) is 2.88. The average Bonchev–Trinajstić information content (AvgIpc) is 2.45. The number of benzene rings is 1. The Labute approximate surface area is 137 Å². The van der Waals surface area contributed by atoms with Gasteiger partial charge in [-0.05, 0) is 49.5 Å². The maximum atomic E-state index is 11.7. The third-order valence-corrected chi connectivity index (χ3v) is 3.54. The third-order valence-electron chi connectivity index (χ3n) is 2.89. The SMILES string of the molecule is CCOc1cccc(CCNC(=O)C(N)CCSC)c1.Cl. The summed E-state index contributed by atoms with van der Waals surface area (Å²) in [6, 6.07) is 7.53. The van der Waals surface area contributed by atoms with Gasteiger partial charge in [-0.1, -0.05) is 12.1 Å². The molecule has 0 spiro atoms. The number of ether oxygens (including phenoxy) is 1. The van der Waals surface area contributed by atoms with E-state index in [9.17, 15) is 4.79 Å². The van der Waals surface area contributed by atoms with Crippen LogP contribution in [0.5, 0.6) is 5.75 Å². The molecule has 0 radical (unpaired) electrons. The molecule has 6 heteroatoms. The van der Waals surface area contributed by atoms with Gasteiger partial charge in [-0.15, -0.1) is 12.4 Å². The zero-order valence-electron chi connectivity index (χ0n) is 12.6. The van der Waals surface area contributed by atoms with Crippen LogP contribution in [-0.4, -0.2) is 37.1 Å². The maximum Gasteiger partial charge on any atom is 0.236 e. The number of amides is 1. The fourth-order valence-electron chi connectivity index (χ4n) is 1.79. The predicted molar refractivity (Wildman–Crippen MR) is 92.5 cm³/mol. The van der Waals surface area contributed by atoms with Crippen LogP contribution in [0.2, 0.25) is 0 Å². The van der Waals surface area contributed by atoms with Gasteiger partial charge in [-0.2, -0.15) is 11.8 Å². The lowest BCUT2D eigenvalue weighted by Crippen LogP contribution is -2.41. The van der Waals surface area contributed by atoms with E-state index in [4.69, 9.17) is 10.5 Å². The minimum absolute atomic E-state index is 0. The smallest absolute Gasteiger partial charge is 0.236 e. The highest BCUT2D eigenvalue weighted by Gasteiger charge is 2.11. The standard InChI is InChI=1S/C15H24N2O2S.ClH/c1-3-19-13-6-4-5-12(11-13)7-9-17-15(18)14(16)8-10-20-2;/h4-6,11,14H,3,7-10,16H2,1-2H3,(H,17,18);1H. The molecule has 0 heterocycles. The first-order chi connectivity index (χ1) is 9.67. The average molecular weight is 333 g/mol. The molecule has 1 aromatic rings. The molecule has 0 aromatic heterocycles. The summed E-state index contributed by atoms with van der Waals surface area (Å²) in [6.07, 6.45) is 3.50. The molecule has 0 aliphatic heterocycles. The first-order valence-electron chi connectivity index (χ1n) is 6.91. The van der Waals surface area contributed by atoms with Gasteiger partial charge in [0.25, 0.3) is 0 Å². The van der Waals surface area contributed by atoms with Crippen LogP contribution in [0.25, 0.3) is 0 Å². The topological polar surface area (TPSA) is 64.3 Å². The van der Waals surface area contributed by atoms with Crippen molar-refractivity contribution in [3.63, 3.8) is 0 Å². The van der Waals surface area contributed by atoms with Crippen molar-refractivity contribution in [2.24, 2.45) is 5.73 Å². The number of carbonyl (C=O) groups excluding carboxylic acids is 1. The highest BCUT2D eigenvalue weighted by molar-refractivity contribution is 7.98. The van der Waals surface area contributed by atoms with Gasteiger partial charge in [0.15, 0.2) is 0 Å². The molecule has 1 atom stereocenters. The molecule has 0 saturated heterocycles. The predicted octanol–water partition coefficient (Wildman–Crippen LogP) is 2.25. The summed E-state index contributed by atoms with van der Waals surface area (Å²) in [6.45, 7) is 3.22. The van der Waals surface area contributed by atoms with E-state index in [1.165, 1.54) is 0 Å². The molecule has 120 valence electrons. The van der Waals surface area contributed by atoms with E-state index in [1.807, 2.05) is 37.4 Å². The molecule has 1 unspecified atom stereocenters. The molecule has 0 fully saturated rings. The molecule has 0 aliphatic rings. The summed E-state index contributed by atoms with van der Waals surface area (Å²) in [5.74, 6) is 1.71. The first-order valence-corrected chi connectivity index (χ1v) is 8.30. The maximum absolute atomic E-state index is 11.7. The molecular formula is C15H25ClN2O2S. The Bertz CT molecular complexity index is 418. The van der Waals surface area contributed by atoms with Gasteiger partial charge in [0.05, 0.1) is 12.6 Å². The second-order valence-corrected chi connectivity index (χ2v) is 5.50. The first kappa shape index (κ1) is 20.1. The molecule has 1 amide bonds. The number of nitrogens with two attached hydrogens (primary N) is 1. The summed E-state index contributed by atoms with van der Waals surface area (Å²) in [5.41, 5.74) is 6.95. The van der Waals surface area contributed by atoms with Crippen molar-refractivity contribution in [3.8, 4) is 5.75 Å². The largest absolute Gasteiger partial charge is 0.494 e. The second-order valence-electron chi connectivity index (χ2n) is 4.51. The summed E-state index contributed by atoms with van der Waals surface area (Å²) >= 11 is 1.70. The Balaban J connectivity index is 0.00000400. The van der Waals surface area contributed by atoms with Gasteiger partial charge in [-0.3, -0.25) is 4.79 Å². The van der Waals surface area contributed by atoms with E-state index in [-0.39, 0.29) is 18.3 Å². The van der Waals surface area contributed by atoms with Gasteiger partial charge in [-0.25, -0.2) is 0 Å². The number of carbonyl (C=O) groups is 1. The molecule has 0 aliphatic carbocycles. The number of hydrogen-bond acceptors (Lipinski definition) is 4. The van der Waals surface area contributed by atoms with E-state index in [0.717, 1.165) is 23.5 Å². The van der Waals surface area contributed by atoms with Gasteiger partial charge in [0, 0.05) is 6.54 Å². The Morgan fingerprint density at radius 2 is 2.24 bits per heavy atom. The molecule has 3 N–H and O–H groups in total. The van der Waals surface area contributed by atoms with Crippen molar-refractivity contribution in [1.82, 2.24) is 5.32 Å². The fourth-order valence-corrected chi connectivity index (χ4v) is 2.28. The van der Waals surface area contributed by atoms with Crippen LogP contribution in [0.3, 0.4) is 0 Å². The third kappa shape index (κ3) is 8.19. The highest BCUT2D eigenvalue weighted by atomic mass is 35.5. The molecule has 4 nitrogen and oxygen atoms in total. The van der Waals surface area contributed by atoms with Crippen molar-refractivity contribution in [2.75, 3.05) is 25.2 Å². The van der Waals surface area contributed by atoms with Crippen molar-refractivity contribution in [2.45, 2.75) is 25.8 Å². The summed E-state index contributed by atoms with van der Waals surface area (Å²) < 4.78 is 5.45.